The Bertz CT molecular complexity index is 1200. The van der Waals surface area contributed by atoms with E-state index < -0.39 is 12.1 Å². The van der Waals surface area contributed by atoms with Gasteiger partial charge in [-0.3, -0.25) is 4.98 Å². The molecule has 0 aliphatic rings. The van der Waals surface area contributed by atoms with Crippen LogP contribution in [0.2, 0.25) is 0 Å². The summed E-state index contributed by atoms with van der Waals surface area (Å²) in [5.74, 6) is -0.484. The Hall–Kier alpha value is -3.61. The third-order valence-corrected chi connectivity index (χ3v) is 4.70. The average Bonchev–Trinajstić information content (AvgIpc) is 3.19. The minimum Gasteiger partial charge on any atom is -0.449 e. The predicted molar refractivity (Wildman–Crippen MR) is 105 cm³/mol. The van der Waals surface area contributed by atoms with Crippen LogP contribution in [-0.2, 0) is 4.74 Å². The summed E-state index contributed by atoms with van der Waals surface area (Å²) < 4.78 is 24.2. The summed E-state index contributed by atoms with van der Waals surface area (Å²) in [6.07, 6.45) is -0.755. The number of carbonyl (C=O) groups is 1. The van der Waals surface area contributed by atoms with Gasteiger partial charge in [-0.25, -0.2) is 9.18 Å². The quantitative estimate of drug-likeness (QED) is 0.458. The first-order valence-corrected chi connectivity index (χ1v) is 9.10. The normalized spacial score (nSPS) is 12.1. The van der Waals surface area contributed by atoms with Gasteiger partial charge < -0.3 is 9.15 Å². The summed E-state index contributed by atoms with van der Waals surface area (Å²) >= 11 is 0. The van der Waals surface area contributed by atoms with Crippen molar-refractivity contribution in [2.45, 2.75) is 26.9 Å². The van der Waals surface area contributed by atoms with Crippen LogP contribution in [0, 0.1) is 19.7 Å². The maximum atomic E-state index is 13.1. The first-order valence-electron chi connectivity index (χ1n) is 9.10. The molecule has 0 saturated carbocycles. The van der Waals surface area contributed by atoms with Crippen LogP contribution >= 0.6 is 0 Å². The lowest BCUT2D eigenvalue weighted by Gasteiger charge is -2.14. The first kappa shape index (κ1) is 18.7. The molecule has 2 heterocycles. The Balaban J connectivity index is 1.58. The molecule has 0 radical (unpaired) electrons. The zero-order valence-electron chi connectivity index (χ0n) is 16.1. The van der Waals surface area contributed by atoms with E-state index in [1.807, 2.05) is 31.2 Å². The van der Waals surface area contributed by atoms with Crippen LogP contribution in [-0.4, -0.2) is 21.2 Å². The molecule has 4 rings (SSSR count). The van der Waals surface area contributed by atoms with Crippen molar-refractivity contribution < 1.29 is 18.3 Å². The van der Waals surface area contributed by atoms with Gasteiger partial charge in [-0.05, 0) is 56.7 Å². The van der Waals surface area contributed by atoms with Crippen LogP contribution < -0.4 is 0 Å². The summed E-state index contributed by atoms with van der Waals surface area (Å²) in [5, 5.41) is 8.80. The lowest BCUT2D eigenvalue weighted by Crippen LogP contribution is -2.13. The van der Waals surface area contributed by atoms with Crippen molar-refractivity contribution in [3.8, 4) is 11.5 Å². The third-order valence-electron chi connectivity index (χ3n) is 4.70. The fourth-order valence-corrected chi connectivity index (χ4v) is 3.21. The fourth-order valence-electron chi connectivity index (χ4n) is 3.21. The molecule has 146 valence electrons. The molecule has 1 atom stereocenters. The molecule has 7 heteroatoms. The second-order valence-corrected chi connectivity index (χ2v) is 6.71. The smallest absolute Gasteiger partial charge is 0.341 e. The number of esters is 1. The Kier molecular flexibility index (Phi) is 4.80. The van der Waals surface area contributed by atoms with Gasteiger partial charge in [0.1, 0.15) is 5.82 Å². The van der Waals surface area contributed by atoms with Crippen LogP contribution in [0.15, 0.2) is 52.9 Å². The molecule has 2 aromatic heterocycles. The number of para-hydroxylation sites is 1. The van der Waals surface area contributed by atoms with E-state index in [1.165, 1.54) is 24.3 Å². The number of rotatable bonds is 4. The van der Waals surface area contributed by atoms with Crippen LogP contribution in [0.5, 0.6) is 0 Å². The molecule has 0 spiro atoms. The molecular weight excluding hydrogens is 373 g/mol. The number of benzene rings is 2. The van der Waals surface area contributed by atoms with Gasteiger partial charge in [-0.2, -0.15) is 0 Å². The Morgan fingerprint density at radius 2 is 1.79 bits per heavy atom. The number of halogens is 1. The minimum absolute atomic E-state index is 0.154. The van der Waals surface area contributed by atoms with E-state index in [4.69, 9.17) is 9.15 Å². The molecule has 0 unspecified atom stereocenters. The highest BCUT2D eigenvalue weighted by molar-refractivity contribution is 5.98. The molecule has 0 saturated heterocycles. The predicted octanol–water partition coefficient (Wildman–Crippen LogP) is 4.96. The van der Waals surface area contributed by atoms with E-state index in [-0.39, 0.29) is 17.6 Å². The van der Waals surface area contributed by atoms with Crippen LogP contribution in [0.4, 0.5) is 4.39 Å². The molecule has 6 nitrogen and oxygen atoms in total. The summed E-state index contributed by atoms with van der Waals surface area (Å²) in [6, 6.07) is 13.3. The number of aromatic nitrogens is 3. The Morgan fingerprint density at radius 3 is 2.55 bits per heavy atom. The number of pyridine rings is 1. The number of ether oxygens (including phenoxy) is 1. The van der Waals surface area contributed by atoms with Gasteiger partial charge in [0.05, 0.1) is 16.8 Å². The van der Waals surface area contributed by atoms with Crippen molar-refractivity contribution in [3.05, 3.63) is 77.1 Å². The highest BCUT2D eigenvalue weighted by Crippen LogP contribution is 2.27. The maximum Gasteiger partial charge on any atom is 0.341 e. The number of hydrogen-bond acceptors (Lipinski definition) is 6. The SMILES string of the molecule is Cc1nc2ccccc2c(C)c1C(=O)O[C@@H](C)c1nnc(-c2ccc(F)cc2)o1. The fraction of sp³-hybridized carbons (Fsp3) is 0.182. The summed E-state index contributed by atoms with van der Waals surface area (Å²) in [6.45, 7) is 5.30. The van der Waals surface area contributed by atoms with Crippen molar-refractivity contribution in [2.75, 3.05) is 0 Å². The van der Waals surface area contributed by atoms with E-state index in [2.05, 4.69) is 15.2 Å². The minimum atomic E-state index is -0.755. The topological polar surface area (TPSA) is 78.1 Å². The van der Waals surface area contributed by atoms with E-state index in [0.29, 0.717) is 16.8 Å². The highest BCUT2D eigenvalue weighted by Gasteiger charge is 2.23. The van der Waals surface area contributed by atoms with Gasteiger partial charge in [0.15, 0.2) is 6.10 Å². The molecule has 29 heavy (non-hydrogen) atoms. The van der Waals surface area contributed by atoms with Crippen LogP contribution in [0.3, 0.4) is 0 Å². The lowest BCUT2D eigenvalue weighted by molar-refractivity contribution is 0.0278. The zero-order valence-corrected chi connectivity index (χ0v) is 16.1. The van der Waals surface area contributed by atoms with Crippen LogP contribution in [0.1, 0.15) is 40.5 Å². The molecule has 0 aliphatic heterocycles. The third kappa shape index (κ3) is 3.59. The number of fused-ring (bicyclic) bond motifs is 1. The van der Waals surface area contributed by atoms with Crippen molar-refractivity contribution in [1.29, 1.82) is 0 Å². The molecule has 0 amide bonds. The van der Waals surface area contributed by atoms with Gasteiger partial charge in [0.2, 0.25) is 5.89 Å². The number of aryl methyl sites for hydroxylation is 2. The molecule has 0 bridgehead atoms. The summed E-state index contributed by atoms with van der Waals surface area (Å²) in [4.78, 5) is 17.3. The summed E-state index contributed by atoms with van der Waals surface area (Å²) in [7, 11) is 0. The highest BCUT2D eigenvalue weighted by atomic mass is 19.1. The van der Waals surface area contributed by atoms with E-state index in [0.717, 1.165) is 16.5 Å². The monoisotopic (exact) mass is 391 g/mol. The van der Waals surface area contributed by atoms with Crippen molar-refractivity contribution >= 4 is 16.9 Å². The Morgan fingerprint density at radius 1 is 1.07 bits per heavy atom. The largest absolute Gasteiger partial charge is 0.449 e. The second kappa shape index (κ2) is 7.43. The molecule has 0 N–H and O–H groups in total. The maximum absolute atomic E-state index is 13.1. The van der Waals surface area contributed by atoms with Crippen molar-refractivity contribution in [1.82, 2.24) is 15.2 Å². The Labute approximate surface area is 166 Å². The first-order chi connectivity index (χ1) is 13.9. The lowest BCUT2D eigenvalue weighted by atomic mass is 10.0. The standard InChI is InChI=1S/C22H18FN3O3/c1-12-17-6-4-5-7-18(17)24-13(2)19(12)22(27)28-14(3)20-25-26-21(29-20)15-8-10-16(23)11-9-15/h4-11,14H,1-3H3/t14-/m0/s1. The molecular formula is C22H18FN3O3. The van der Waals surface area contributed by atoms with Crippen molar-refractivity contribution in [3.63, 3.8) is 0 Å². The van der Waals surface area contributed by atoms with Crippen LogP contribution in [0.25, 0.3) is 22.4 Å². The second-order valence-electron chi connectivity index (χ2n) is 6.71. The van der Waals surface area contributed by atoms with Gasteiger partial charge in [0.25, 0.3) is 5.89 Å². The van der Waals surface area contributed by atoms with E-state index >= 15 is 0 Å². The van der Waals surface area contributed by atoms with E-state index in [9.17, 15) is 9.18 Å². The summed E-state index contributed by atoms with van der Waals surface area (Å²) in [5.41, 5.74) is 3.23. The molecule has 0 aliphatic carbocycles. The number of nitrogens with zero attached hydrogens (tertiary/aromatic N) is 3. The molecule has 4 aromatic rings. The number of carbonyl (C=O) groups excluding carboxylic acids is 1. The molecule has 0 fully saturated rings. The number of hydrogen-bond donors (Lipinski definition) is 0. The van der Waals surface area contributed by atoms with Gasteiger partial charge >= 0.3 is 5.97 Å². The average molecular weight is 391 g/mol. The van der Waals surface area contributed by atoms with Gasteiger partial charge in [-0.15, -0.1) is 10.2 Å². The zero-order chi connectivity index (χ0) is 20.5. The molecule has 2 aromatic carbocycles. The van der Waals surface area contributed by atoms with Gasteiger partial charge in [-0.1, -0.05) is 18.2 Å². The van der Waals surface area contributed by atoms with E-state index in [1.54, 1.807) is 13.8 Å². The van der Waals surface area contributed by atoms with Crippen molar-refractivity contribution in [2.24, 2.45) is 0 Å². The van der Waals surface area contributed by atoms with Gasteiger partial charge in [0, 0.05) is 10.9 Å².